The van der Waals surface area contributed by atoms with Crippen molar-refractivity contribution in [3.63, 3.8) is 0 Å². The number of rotatable bonds is 7. The van der Waals surface area contributed by atoms with Crippen molar-refractivity contribution in [2.45, 2.75) is 6.29 Å². The zero-order valence-corrected chi connectivity index (χ0v) is 14.6. The first kappa shape index (κ1) is 19.9. The van der Waals surface area contributed by atoms with E-state index in [1.165, 1.54) is 24.3 Å². The van der Waals surface area contributed by atoms with Gasteiger partial charge in [0.05, 0.1) is 5.56 Å². The number of hydrogen-bond donors (Lipinski definition) is 2. The lowest BCUT2D eigenvalue weighted by atomic mass is 10.2. The van der Waals surface area contributed by atoms with E-state index in [0.29, 0.717) is 0 Å². The minimum atomic E-state index is -3.77. The smallest absolute Gasteiger partial charge is 0.481 e. The number of carbonyl (C=O) groups excluding carboxylic acids is 3. The number of para-hydroxylation sites is 1. The molecule has 0 saturated heterocycles. The molecule has 0 atom stereocenters. The van der Waals surface area contributed by atoms with E-state index in [-0.39, 0.29) is 28.5 Å². The Kier molecular flexibility index (Phi) is 5.48. The first-order valence-electron chi connectivity index (χ1n) is 8.10. The van der Waals surface area contributed by atoms with Crippen molar-refractivity contribution in [1.82, 2.24) is 0 Å². The van der Waals surface area contributed by atoms with Crippen LogP contribution in [0.15, 0.2) is 42.5 Å². The van der Waals surface area contributed by atoms with Crippen molar-refractivity contribution in [3.8, 4) is 17.2 Å². The number of benzene rings is 2. The molecule has 1 aliphatic heterocycles. The maximum atomic E-state index is 13.0. The number of anilines is 1. The number of hydrogen-bond acceptors (Lipinski definition) is 7. The molecule has 3 rings (SSSR count). The van der Waals surface area contributed by atoms with Gasteiger partial charge >= 0.3 is 12.3 Å². The first-order chi connectivity index (χ1) is 13.7. The van der Waals surface area contributed by atoms with E-state index >= 15 is 0 Å². The van der Waals surface area contributed by atoms with Gasteiger partial charge in [-0.3, -0.25) is 9.59 Å². The summed E-state index contributed by atoms with van der Waals surface area (Å²) in [5.74, 6) is -2.64. The maximum Gasteiger partial charge on any atom is 0.586 e. The van der Waals surface area contributed by atoms with Gasteiger partial charge in [-0.15, -0.1) is 8.78 Å². The third kappa shape index (κ3) is 5.09. The van der Waals surface area contributed by atoms with Gasteiger partial charge in [0.2, 0.25) is 0 Å². The van der Waals surface area contributed by atoms with Gasteiger partial charge in [0.1, 0.15) is 5.75 Å². The number of ether oxygens (including phenoxy) is 4. The average molecular weight is 408 g/mol. The summed E-state index contributed by atoms with van der Waals surface area (Å²) in [6, 6.07) is 9.69. The number of nitrogens with two attached hydrogens (primary N) is 1. The van der Waals surface area contributed by atoms with Crippen LogP contribution in [0, 0.1) is 0 Å². The van der Waals surface area contributed by atoms with Gasteiger partial charge in [-0.25, -0.2) is 4.79 Å². The molecule has 0 aliphatic carbocycles. The van der Waals surface area contributed by atoms with Crippen molar-refractivity contribution in [2.75, 3.05) is 18.5 Å². The van der Waals surface area contributed by atoms with E-state index in [1.54, 1.807) is 12.1 Å². The Balaban J connectivity index is 1.47. The van der Waals surface area contributed by atoms with Gasteiger partial charge < -0.3 is 30.0 Å². The van der Waals surface area contributed by atoms with Crippen LogP contribution < -0.4 is 25.3 Å². The van der Waals surface area contributed by atoms with E-state index in [2.05, 4.69) is 14.8 Å². The number of carbonyl (C=O) groups is 3. The monoisotopic (exact) mass is 408 g/mol. The Labute approximate surface area is 162 Å². The molecular weight excluding hydrogens is 394 g/mol. The summed E-state index contributed by atoms with van der Waals surface area (Å²) >= 11 is 0. The summed E-state index contributed by atoms with van der Waals surface area (Å²) in [6.45, 7) is -1.21. The molecule has 11 heteroatoms. The fourth-order valence-electron chi connectivity index (χ4n) is 2.34. The zero-order valence-electron chi connectivity index (χ0n) is 14.6. The molecule has 3 N–H and O–H groups in total. The number of alkyl halides is 2. The second-order valence-corrected chi connectivity index (χ2v) is 5.69. The highest BCUT2D eigenvalue weighted by molar-refractivity contribution is 5.95. The SMILES string of the molecule is NC(=O)c1ccccc1OCC(=O)OCC(=O)Nc1ccc2c(c1)OC(F)(F)O2. The number of halogens is 2. The molecule has 29 heavy (non-hydrogen) atoms. The van der Waals surface area contributed by atoms with Crippen molar-refractivity contribution in [3.05, 3.63) is 48.0 Å². The van der Waals surface area contributed by atoms with Crippen molar-refractivity contribution >= 4 is 23.5 Å². The third-order valence-electron chi connectivity index (χ3n) is 3.55. The minimum Gasteiger partial charge on any atom is -0.481 e. The lowest BCUT2D eigenvalue weighted by Gasteiger charge is -2.10. The number of primary amides is 1. The third-order valence-corrected chi connectivity index (χ3v) is 3.55. The quantitative estimate of drug-likeness (QED) is 0.668. The van der Waals surface area contributed by atoms with Crippen LogP contribution in [0.4, 0.5) is 14.5 Å². The highest BCUT2D eigenvalue weighted by Crippen LogP contribution is 2.42. The van der Waals surface area contributed by atoms with Crippen LogP contribution >= 0.6 is 0 Å². The van der Waals surface area contributed by atoms with Crippen LogP contribution in [0.2, 0.25) is 0 Å². The Morgan fingerprint density at radius 3 is 2.52 bits per heavy atom. The molecule has 152 valence electrons. The molecule has 0 fully saturated rings. The summed E-state index contributed by atoms with van der Waals surface area (Å²) in [5, 5.41) is 2.35. The lowest BCUT2D eigenvalue weighted by molar-refractivity contribution is -0.286. The van der Waals surface area contributed by atoms with E-state index in [9.17, 15) is 23.2 Å². The first-order valence-corrected chi connectivity index (χ1v) is 8.10. The van der Waals surface area contributed by atoms with Crippen LogP contribution in [0.1, 0.15) is 10.4 Å². The molecule has 0 saturated carbocycles. The summed E-state index contributed by atoms with van der Waals surface area (Å²) in [4.78, 5) is 34.8. The molecule has 0 bridgehead atoms. The second kappa shape index (κ2) is 8.00. The Bertz CT molecular complexity index is 965. The van der Waals surface area contributed by atoms with E-state index in [0.717, 1.165) is 6.07 Å². The number of amides is 2. The Hall–Kier alpha value is -3.89. The molecule has 2 aromatic carbocycles. The van der Waals surface area contributed by atoms with Crippen molar-refractivity contribution in [1.29, 1.82) is 0 Å². The normalized spacial score (nSPS) is 13.4. The number of esters is 1. The van der Waals surface area contributed by atoms with Gasteiger partial charge in [0, 0.05) is 11.8 Å². The molecule has 9 nitrogen and oxygen atoms in total. The van der Waals surface area contributed by atoms with Crippen LogP contribution in [0.5, 0.6) is 17.2 Å². The molecule has 2 amide bonds. The van der Waals surface area contributed by atoms with Crippen molar-refractivity contribution < 1.29 is 42.1 Å². The fourth-order valence-corrected chi connectivity index (χ4v) is 2.34. The van der Waals surface area contributed by atoms with Crippen LogP contribution in [0.25, 0.3) is 0 Å². The van der Waals surface area contributed by atoms with E-state index < -0.39 is 37.3 Å². The summed E-state index contributed by atoms with van der Waals surface area (Å²) < 4.78 is 44.4. The highest BCUT2D eigenvalue weighted by atomic mass is 19.3. The molecule has 1 heterocycles. The van der Waals surface area contributed by atoms with Gasteiger partial charge in [0.15, 0.2) is 24.7 Å². The molecule has 0 aromatic heterocycles. The van der Waals surface area contributed by atoms with E-state index in [4.69, 9.17) is 15.2 Å². The molecule has 0 radical (unpaired) electrons. The predicted octanol–water partition coefficient (Wildman–Crippen LogP) is 1.67. The largest absolute Gasteiger partial charge is 0.586 e. The number of nitrogens with one attached hydrogen (secondary N) is 1. The van der Waals surface area contributed by atoms with Gasteiger partial charge in [-0.1, -0.05) is 12.1 Å². The Morgan fingerprint density at radius 2 is 1.76 bits per heavy atom. The molecule has 0 unspecified atom stereocenters. The fraction of sp³-hybridized carbons (Fsp3) is 0.167. The maximum absolute atomic E-state index is 13.0. The predicted molar refractivity (Wildman–Crippen MR) is 92.7 cm³/mol. The Morgan fingerprint density at radius 1 is 1.03 bits per heavy atom. The average Bonchev–Trinajstić information content (AvgIpc) is 2.98. The minimum absolute atomic E-state index is 0.0893. The summed E-state index contributed by atoms with van der Waals surface area (Å²) in [5.41, 5.74) is 5.42. The topological polar surface area (TPSA) is 126 Å². The standard InChI is InChI=1S/C18H14F2N2O7/c19-18(20)28-13-6-5-10(7-14(13)29-18)22-15(23)8-27-16(24)9-26-12-4-2-1-3-11(12)17(21)25/h1-7H,8-9H2,(H2,21,25)(H,22,23). The van der Waals surface area contributed by atoms with Crippen LogP contribution in [-0.2, 0) is 14.3 Å². The molecule has 2 aromatic rings. The van der Waals surface area contributed by atoms with Gasteiger partial charge in [0.25, 0.3) is 11.8 Å². The summed E-state index contributed by atoms with van der Waals surface area (Å²) in [7, 11) is 0. The number of fused-ring (bicyclic) bond motifs is 1. The van der Waals surface area contributed by atoms with E-state index in [1.807, 2.05) is 0 Å². The second-order valence-electron chi connectivity index (χ2n) is 5.69. The van der Waals surface area contributed by atoms with Gasteiger partial charge in [-0.05, 0) is 24.3 Å². The molecular formula is C18H14F2N2O7. The lowest BCUT2D eigenvalue weighted by Crippen LogP contribution is -2.26. The highest BCUT2D eigenvalue weighted by Gasteiger charge is 2.43. The molecule has 0 spiro atoms. The summed E-state index contributed by atoms with van der Waals surface area (Å²) in [6.07, 6.45) is -3.77. The van der Waals surface area contributed by atoms with Crippen LogP contribution in [-0.4, -0.2) is 37.3 Å². The molecule has 1 aliphatic rings. The van der Waals surface area contributed by atoms with Crippen molar-refractivity contribution in [2.24, 2.45) is 5.73 Å². The van der Waals surface area contributed by atoms with Gasteiger partial charge in [-0.2, -0.15) is 0 Å². The zero-order chi connectivity index (χ0) is 21.0. The van der Waals surface area contributed by atoms with Crippen LogP contribution in [0.3, 0.4) is 0 Å².